The third-order valence-corrected chi connectivity index (χ3v) is 5.23. The summed E-state index contributed by atoms with van der Waals surface area (Å²) in [7, 11) is 0. The van der Waals surface area contributed by atoms with E-state index in [-0.39, 0.29) is 0 Å². The van der Waals surface area contributed by atoms with Crippen molar-refractivity contribution in [2.45, 2.75) is 19.5 Å². The van der Waals surface area contributed by atoms with Gasteiger partial charge in [0.25, 0.3) is 0 Å². The van der Waals surface area contributed by atoms with Crippen LogP contribution in [0.25, 0.3) is 0 Å². The van der Waals surface area contributed by atoms with Crippen molar-refractivity contribution in [3.05, 3.63) is 81.6 Å². The summed E-state index contributed by atoms with van der Waals surface area (Å²) in [5.74, 6) is 1.16. The molecule has 3 aromatic rings. The van der Waals surface area contributed by atoms with Gasteiger partial charge < -0.3 is 10.5 Å². The SMILES string of the molecule is Nc1cc(Cl)c(Oc2ccc3c(c2)CCN(Cc2ccncc2)C3)c(Cl)c1. The Morgan fingerprint density at radius 1 is 1.00 bits per heavy atom. The van der Waals surface area contributed by atoms with Crippen LogP contribution in [0.1, 0.15) is 16.7 Å². The molecule has 1 aliphatic heterocycles. The fourth-order valence-electron chi connectivity index (χ4n) is 3.33. The van der Waals surface area contributed by atoms with Crippen molar-refractivity contribution in [3.8, 4) is 11.5 Å². The fourth-order valence-corrected chi connectivity index (χ4v) is 3.91. The number of fused-ring (bicyclic) bond motifs is 1. The lowest BCUT2D eigenvalue weighted by molar-refractivity contribution is 0.245. The largest absolute Gasteiger partial charge is 0.454 e. The molecule has 2 N–H and O–H groups in total. The van der Waals surface area contributed by atoms with E-state index >= 15 is 0 Å². The quantitative estimate of drug-likeness (QED) is 0.602. The lowest BCUT2D eigenvalue weighted by Gasteiger charge is -2.29. The van der Waals surface area contributed by atoms with Gasteiger partial charge in [0.05, 0.1) is 10.0 Å². The van der Waals surface area contributed by atoms with Crippen molar-refractivity contribution in [1.82, 2.24) is 9.88 Å². The lowest BCUT2D eigenvalue weighted by Crippen LogP contribution is -2.30. The van der Waals surface area contributed by atoms with Gasteiger partial charge in [-0.25, -0.2) is 0 Å². The minimum Gasteiger partial charge on any atom is -0.454 e. The molecule has 0 aliphatic carbocycles. The number of anilines is 1. The maximum Gasteiger partial charge on any atom is 0.164 e. The van der Waals surface area contributed by atoms with Crippen molar-refractivity contribution in [2.24, 2.45) is 0 Å². The molecule has 0 radical (unpaired) electrons. The second kappa shape index (κ2) is 7.77. The predicted octanol–water partition coefficient (Wildman–Crippen LogP) is 5.32. The van der Waals surface area contributed by atoms with Gasteiger partial charge in [0.1, 0.15) is 5.75 Å². The molecule has 0 saturated heterocycles. The smallest absolute Gasteiger partial charge is 0.164 e. The Morgan fingerprint density at radius 3 is 2.48 bits per heavy atom. The minimum absolute atomic E-state index is 0.404. The molecule has 138 valence electrons. The highest BCUT2D eigenvalue weighted by Crippen LogP contribution is 2.38. The summed E-state index contributed by atoms with van der Waals surface area (Å²) < 4.78 is 5.94. The molecule has 0 saturated carbocycles. The van der Waals surface area contributed by atoms with Crippen LogP contribution in [0, 0.1) is 0 Å². The Hall–Kier alpha value is -2.27. The summed E-state index contributed by atoms with van der Waals surface area (Å²) >= 11 is 12.4. The first-order chi connectivity index (χ1) is 13.1. The van der Waals surface area contributed by atoms with Gasteiger partial charge in [-0.15, -0.1) is 0 Å². The number of pyridine rings is 1. The normalized spacial score (nSPS) is 14.0. The molecule has 4 rings (SSSR count). The number of nitrogen functional groups attached to an aromatic ring is 1. The zero-order chi connectivity index (χ0) is 18.8. The second-order valence-electron chi connectivity index (χ2n) is 6.66. The van der Waals surface area contributed by atoms with E-state index in [1.807, 2.05) is 18.5 Å². The van der Waals surface area contributed by atoms with E-state index in [9.17, 15) is 0 Å². The molecule has 27 heavy (non-hydrogen) atoms. The second-order valence-corrected chi connectivity index (χ2v) is 7.48. The summed E-state index contributed by atoms with van der Waals surface area (Å²) in [6, 6.07) is 13.5. The van der Waals surface area contributed by atoms with Crippen LogP contribution in [0.3, 0.4) is 0 Å². The molecule has 1 aliphatic rings. The number of nitrogens with zero attached hydrogens (tertiary/aromatic N) is 2. The molecule has 0 amide bonds. The van der Waals surface area contributed by atoms with Gasteiger partial charge in [-0.2, -0.15) is 0 Å². The van der Waals surface area contributed by atoms with Crippen LogP contribution in [-0.2, 0) is 19.5 Å². The maximum absolute atomic E-state index is 6.22. The number of hydrogen-bond donors (Lipinski definition) is 1. The summed E-state index contributed by atoms with van der Waals surface area (Å²) in [6.45, 7) is 2.85. The van der Waals surface area contributed by atoms with Gasteiger partial charge in [-0.05, 0) is 59.5 Å². The number of aromatic nitrogens is 1. The standard InChI is InChI=1S/C21H19Cl2N3O/c22-19-10-17(24)11-20(23)21(19)27-18-2-1-16-13-26(8-5-15(16)9-18)12-14-3-6-25-7-4-14/h1-4,6-7,9-11H,5,8,12-13,24H2. The van der Waals surface area contributed by atoms with Gasteiger partial charge in [0, 0.05) is 37.7 Å². The van der Waals surface area contributed by atoms with E-state index in [0.717, 1.165) is 31.8 Å². The number of halogens is 2. The van der Waals surface area contributed by atoms with E-state index in [1.165, 1.54) is 16.7 Å². The molecular weight excluding hydrogens is 381 g/mol. The van der Waals surface area contributed by atoms with Crippen LogP contribution in [0.15, 0.2) is 54.9 Å². The highest BCUT2D eigenvalue weighted by molar-refractivity contribution is 6.37. The fraction of sp³-hybridized carbons (Fsp3) is 0.190. The van der Waals surface area contributed by atoms with Crippen LogP contribution in [0.4, 0.5) is 5.69 Å². The van der Waals surface area contributed by atoms with E-state index in [2.05, 4.69) is 34.1 Å². The zero-order valence-electron chi connectivity index (χ0n) is 14.7. The average molecular weight is 400 g/mol. The van der Waals surface area contributed by atoms with Crippen molar-refractivity contribution in [2.75, 3.05) is 12.3 Å². The first-order valence-electron chi connectivity index (χ1n) is 8.74. The minimum atomic E-state index is 0.404. The average Bonchev–Trinajstić information content (AvgIpc) is 2.65. The molecule has 1 aromatic heterocycles. The van der Waals surface area contributed by atoms with Gasteiger partial charge in [0.2, 0.25) is 0 Å². The number of benzene rings is 2. The molecule has 0 fully saturated rings. The molecular formula is C21H19Cl2N3O. The molecule has 4 nitrogen and oxygen atoms in total. The van der Waals surface area contributed by atoms with Crippen LogP contribution in [-0.4, -0.2) is 16.4 Å². The van der Waals surface area contributed by atoms with Gasteiger partial charge in [-0.1, -0.05) is 29.3 Å². The van der Waals surface area contributed by atoms with Crippen LogP contribution in [0.5, 0.6) is 11.5 Å². The highest BCUT2D eigenvalue weighted by Gasteiger charge is 2.18. The third-order valence-electron chi connectivity index (χ3n) is 4.67. The Kier molecular flexibility index (Phi) is 5.21. The van der Waals surface area contributed by atoms with Crippen LogP contribution >= 0.6 is 23.2 Å². The first-order valence-corrected chi connectivity index (χ1v) is 9.49. The van der Waals surface area contributed by atoms with E-state index in [1.54, 1.807) is 12.1 Å². The van der Waals surface area contributed by atoms with Crippen molar-refractivity contribution >= 4 is 28.9 Å². The third kappa shape index (κ3) is 4.19. The Balaban J connectivity index is 1.49. The zero-order valence-corrected chi connectivity index (χ0v) is 16.2. The summed E-state index contributed by atoms with van der Waals surface area (Å²) in [6.07, 6.45) is 4.65. The van der Waals surface area contributed by atoms with Crippen molar-refractivity contribution < 1.29 is 4.74 Å². The molecule has 2 heterocycles. The predicted molar refractivity (Wildman–Crippen MR) is 109 cm³/mol. The van der Waals surface area contributed by atoms with Gasteiger partial charge >= 0.3 is 0 Å². The molecule has 0 spiro atoms. The Bertz CT molecular complexity index is 940. The molecule has 2 aromatic carbocycles. The number of rotatable bonds is 4. The van der Waals surface area contributed by atoms with E-state index in [4.69, 9.17) is 33.7 Å². The highest BCUT2D eigenvalue weighted by atomic mass is 35.5. The molecule has 0 atom stereocenters. The lowest BCUT2D eigenvalue weighted by atomic mass is 9.99. The number of hydrogen-bond acceptors (Lipinski definition) is 4. The summed E-state index contributed by atoms with van der Waals surface area (Å²) in [4.78, 5) is 6.51. The Labute approximate surface area is 168 Å². The van der Waals surface area contributed by atoms with E-state index < -0.39 is 0 Å². The van der Waals surface area contributed by atoms with Gasteiger partial charge in [0.15, 0.2) is 5.75 Å². The topological polar surface area (TPSA) is 51.4 Å². The van der Waals surface area contributed by atoms with E-state index in [0.29, 0.717) is 21.5 Å². The molecule has 6 heteroatoms. The van der Waals surface area contributed by atoms with Crippen molar-refractivity contribution in [1.29, 1.82) is 0 Å². The number of nitrogens with two attached hydrogens (primary N) is 1. The summed E-state index contributed by atoms with van der Waals surface area (Å²) in [5.41, 5.74) is 10.1. The molecule has 0 bridgehead atoms. The number of ether oxygens (including phenoxy) is 1. The molecule has 0 unspecified atom stereocenters. The Morgan fingerprint density at radius 2 is 1.74 bits per heavy atom. The monoisotopic (exact) mass is 399 g/mol. The van der Waals surface area contributed by atoms with Crippen LogP contribution < -0.4 is 10.5 Å². The first kappa shape index (κ1) is 18.1. The van der Waals surface area contributed by atoms with Crippen molar-refractivity contribution in [3.63, 3.8) is 0 Å². The van der Waals surface area contributed by atoms with Gasteiger partial charge in [-0.3, -0.25) is 9.88 Å². The van der Waals surface area contributed by atoms with Crippen LogP contribution in [0.2, 0.25) is 10.0 Å². The maximum atomic E-state index is 6.22. The summed E-state index contributed by atoms with van der Waals surface area (Å²) in [5, 5.41) is 0.808.